The van der Waals surface area contributed by atoms with Gasteiger partial charge in [0, 0.05) is 15.6 Å². The van der Waals surface area contributed by atoms with Crippen molar-refractivity contribution in [2.45, 2.75) is 24.3 Å². The van der Waals surface area contributed by atoms with Gasteiger partial charge in [0.25, 0.3) is 5.22 Å². The summed E-state index contributed by atoms with van der Waals surface area (Å²) in [6.07, 6.45) is 0. The van der Waals surface area contributed by atoms with E-state index >= 15 is 0 Å². The van der Waals surface area contributed by atoms with E-state index < -0.39 is 0 Å². The van der Waals surface area contributed by atoms with E-state index in [1.165, 1.54) is 11.8 Å². The maximum atomic E-state index is 12.6. The molecule has 27 heavy (non-hydrogen) atoms. The predicted molar refractivity (Wildman–Crippen MR) is 115 cm³/mol. The fraction of sp³-hybridized carbons (Fsp3) is 0.211. The zero-order valence-electron chi connectivity index (χ0n) is 14.7. The van der Waals surface area contributed by atoms with Crippen LogP contribution in [0.25, 0.3) is 11.5 Å². The number of aromatic nitrogens is 2. The summed E-state index contributed by atoms with van der Waals surface area (Å²) in [7, 11) is 0. The molecule has 142 valence electrons. The van der Waals surface area contributed by atoms with Crippen LogP contribution in [0, 0.1) is 0 Å². The van der Waals surface area contributed by atoms with Crippen LogP contribution in [0.1, 0.15) is 24.2 Å². The van der Waals surface area contributed by atoms with Crippen LogP contribution in [0.3, 0.4) is 0 Å². The number of Topliss-reactive ketones (excluding diaryl/α,β-unsaturated/α-hetero) is 1. The summed E-state index contributed by atoms with van der Waals surface area (Å²) in [5, 5.41) is 8.11. The molecule has 2 aromatic carbocycles. The highest BCUT2D eigenvalue weighted by molar-refractivity contribution is 9.10. The first kappa shape index (κ1) is 21.7. The first-order valence-electron chi connectivity index (χ1n) is 8.10. The Bertz CT molecular complexity index is 883. The predicted octanol–water partition coefficient (Wildman–Crippen LogP) is 5.84. The Labute approximate surface area is 180 Å². The number of ether oxygens (including phenoxy) is 1. The van der Waals surface area contributed by atoms with E-state index in [0.29, 0.717) is 23.3 Å². The molecule has 1 unspecified atom stereocenters. The lowest BCUT2D eigenvalue weighted by Gasteiger charge is -2.08. The number of thioether (sulfide) groups is 1. The van der Waals surface area contributed by atoms with Gasteiger partial charge in [-0.3, -0.25) is 4.79 Å². The fourth-order valence-electron chi connectivity index (χ4n) is 2.29. The Morgan fingerprint density at radius 3 is 2.44 bits per heavy atom. The molecular formula is C19H18Br2N2O3S. The van der Waals surface area contributed by atoms with Gasteiger partial charge in [0.05, 0.1) is 11.9 Å². The molecule has 0 saturated heterocycles. The molecular weight excluding hydrogens is 496 g/mol. The molecule has 0 amide bonds. The van der Waals surface area contributed by atoms with Crippen LogP contribution in [0.4, 0.5) is 0 Å². The van der Waals surface area contributed by atoms with Crippen molar-refractivity contribution < 1.29 is 13.9 Å². The highest BCUT2D eigenvalue weighted by atomic mass is 79.9. The van der Waals surface area contributed by atoms with Crippen molar-refractivity contribution in [1.82, 2.24) is 10.2 Å². The molecule has 3 aromatic rings. The van der Waals surface area contributed by atoms with Gasteiger partial charge in [-0.2, -0.15) is 0 Å². The zero-order valence-corrected chi connectivity index (χ0v) is 18.8. The van der Waals surface area contributed by atoms with Crippen LogP contribution < -0.4 is 4.74 Å². The number of halogens is 2. The van der Waals surface area contributed by atoms with E-state index in [2.05, 4.69) is 26.1 Å². The Morgan fingerprint density at radius 1 is 1.15 bits per heavy atom. The van der Waals surface area contributed by atoms with E-state index in [0.717, 1.165) is 15.8 Å². The third-order valence-corrected chi connectivity index (χ3v) is 5.06. The van der Waals surface area contributed by atoms with Crippen LogP contribution in [0.15, 0.2) is 62.6 Å². The first-order chi connectivity index (χ1) is 12.6. The summed E-state index contributed by atoms with van der Waals surface area (Å²) in [6, 6.07) is 14.7. The molecule has 0 N–H and O–H groups in total. The zero-order chi connectivity index (χ0) is 18.5. The fourth-order valence-corrected chi connectivity index (χ4v) is 3.31. The SMILES string of the molecule is Br.CCOc1ccc(C(=O)C(C)Sc2nnc(-c3ccc(Br)cc3)o2)cc1. The van der Waals surface area contributed by atoms with Crippen LogP contribution >= 0.6 is 44.7 Å². The Kier molecular flexibility index (Phi) is 8.07. The molecule has 0 aliphatic heterocycles. The minimum atomic E-state index is -0.342. The molecule has 0 bridgehead atoms. The van der Waals surface area contributed by atoms with Gasteiger partial charge in [0.1, 0.15) is 5.75 Å². The summed E-state index contributed by atoms with van der Waals surface area (Å²) in [4.78, 5) is 12.6. The van der Waals surface area contributed by atoms with Gasteiger partial charge < -0.3 is 9.15 Å². The highest BCUT2D eigenvalue weighted by Crippen LogP contribution is 2.28. The van der Waals surface area contributed by atoms with Crippen molar-refractivity contribution in [3.05, 3.63) is 58.6 Å². The summed E-state index contributed by atoms with van der Waals surface area (Å²) in [5.74, 6) is 1.18. The number of rotatable bonds is 7. The number of hydrogen-bond donors (Lipinski definition) is 0. The van der Waals surface area contributed by atoms with Gasteiger partial charge in [-0.1, -0.05) is 27.7 Å². The first-order valence-corrected chi connectivity index (χ1v) is 9.77. The standard InChI is InChI=1S/C19H17BrN2O3S.BrH/c1-3-24-16-10-6-13(7-11-16)17(23)12(2)26-19-22-21-18(25-19)14-4-8-15(20)9-5-14;/h4-12H,3H2,1-2H3;1H. The lowest BCUT2D eigenvalue weighted by Crippen LogP contribution is -2.13. The van der Waals surface area contributed by atoms with Crippen LogP contribution in [-0.4, -0.2) is 27.8 Å². The quantitative estimate of drug-likeness (QED) is 0.292. The van der Waals surface area contributed by atoms with Crippen LogP contribution in [-0.2, 0) is 0 Å². The van der Waals surface area contributed by atoms with E-state index in [1.807, 2.05) is 38.1 Å². The molecule has 0 spiro atoms. The third kappa shape index (κ3) is 5.67. The second-order valence-corrected chi connectivity index (χ2v) is 7.67. The number of ketones is 1. The smallest absolute Gasteiger partial charge is 0.277 e. The van der Waals surface area contributed by atoms with E-state index in [4.69, 9.17) is 9.15 Å². The van der Waals surface area contributed by atoms with Gasteiger partial charge >= 0.3 is 0 Å². The second kappa shape index (κ2) is 10.1. The van der Waals surface area contributed by atoms with Crippen molar-refractivity contribution in [2.24, 2.45) is 0 Å². The number of hydrogen-bond acceptors (Lipinski definition) is 6. The summed E-state index contributed by atoms with van der Waals surface area (Å²) >= 11 is 4.64. The van der Waals surface area contributed by atoms with Crippen molar-refractivity contribution in [1.29, 1.82) is 0 Å². The average Bonchev–Trinajstić information content (AvgIpc) is 3.11. The number of nitrogens with zero attached hydrogens (tertiary/aromatic N) is 2. The van der Waals surface area contributed by atoms with Crippen molar-refractivity contribution in [2.75, 3.05) is 6.61 Å². The average molecular weight is 514 g/mol. The molecule has 0 aliphatic rings. The van der Waals surface area contributed by atoms with Crippen molar-refractivity contribution in [3.8, 4) is 17.2 Å². The molecule has 0 aliphatic carbocycles. The molecule has 1 atom stereocenters. The monoisotopic (exact) mass is 512 g/mol. The third-order valence-electron chi connectivity index (χ3n) is 3.59. The molecule has 5 nitrogen and oxygen atoms in total. The maximum Gasteiger partial charge on any atom is 0.277 e. The summed E-state index contributed by atoms with van der Waals surface area (Å²) < 4.78 is 12.0. The Balaban J connectivity index is 0.00000261. The van der Waals surface area contributed by atoms with Gasteiger partial charge in [-0.05, 0) is 62.4 Å². The van der Waals surface area contributed by atoms with Crippen LogP contribution in [0.2, 0.25) is 0 Å². The lowest BCUT2D eigenvalue weighted by atomic mass is 10.1. The molecule has 0 radical (unpaired) electrons. The van der Waals surface area contributed by atoms with Gasteiger partial charge in [0.2, 0.25) is 5.89 Å². The topological polar surface area (TPSA) is 65.2 Å². The number of carbonyl (C=O) groups is 1. The summed E-state index contributed by atoms with van der Waals surface area (Å²) in [6.45, 7) is 4.34. The normalized spacial score (nSPS) is 11.5. The highest BCUT2D eigenvalue weighted by Gasteiger charge is 2.20. The molecule has 3 rings (SSSR count). The van der Waals surface area contributed by atoms with E-state index in [9.17, 15) is 4.79 Å². The molecule has 8 heteroatoms. The molecule has 0 fully saturated rings. The number of carbonyl (C=O) groups excluding carboxylic acids is 1. The van der Waals surface area contributed by atoms with E-state index in [1.54, 1.807) is 24.3 Å². The van der Waals surface area contributed by atoms with Crippen molar-refractivity contribution in [3.63, 3.8) is 0 Å². The lowest BCUT2D eigenvalue weighted by molar-refractivity contribution is 0.0993. The minimum Gasteiger partial charge on any atom is -0.494 e. The Morgan fingerprint density at radius 2 is 1.81 bits per heavy atom. The largest absolute Gasteiger partial charge is 0.494 e. The van der Waals surface area contributed by atoms with Gasteiger partial charge in [-0.25, -0.2) is 0 Å². The molecule has 0 saturated carbocycles. The van der Waals surface area contributed by atoms with Crippen molar-refractivity contribution >= 4 is 50.5 Å². The second-order valence-electron chi connectivity index (χ2n) is 5.46. The molecule has 1 aromatic heterocycles. The minimum absolute atomic E-state index is 0. The van der Waals surface area contributed by atoms with Crippen LogP contribution in [0.5, 0.6) is 5.75 Å². The van der Waals surface area contributed by atoms with Gasteiger partial charge in [0.15, 0.2) is 5.78 Å². The molecule has 1 heterocycles. The van der Waals surface area contributed by atoms with Gasteiger partial charge in [-0.15, -0.1) is 27.2 Å². The summed E-state index contributed by atoms with van der Waals surface area (Å²) in [5.41, 5.74) is 1.46. The Hall–Kier alpha value is -1.64. The number of benzene rings is 2. The van der Waals surface area contributed by atoms with E-state index in [-0.39, 0.29) is 28.0 Å². The maximum absolute atomic E-state index is 12.6.